The van der Waals surface area contributed by atoms with E-state index < -0.39 is 6.10 Å². The minimum absolute atomic E-state index is 0.0445. The lowest BCUT2D eigenvalue weighted by Crippen LogP contribution is -2.24. The van der Waals surface area contributed by atoms with E-state index in [1.807, 2.05) is 18.2 Å². The summed E-state index contributed by atoms with van der Waals surface area (Å²) >= 11 is 0. The van der Waals surface area contributed by atoms with E-state index >= 15 is 0 Å². The summed E-state index contributed by atoms with van der Waals surface area (Å²) in [4.78, 5) is 4.37. The first-order valence-corrected chi connectivity index (χ1v) is 8.26. The van der Waals surface area contributed by atoms with Crippen molar-refractivity contribution in [3.63, 3.8) is 0 Å². The van der Waals surface area contributed by atoms with Crippen LogP contribution < -0.4 is 0 Å². The molecule has 0 aliphatic heterocycles. The Morgan fingerprint density at radius 1 is 0.913 bits per heavy atom. The van der Waals surface area contributed by atoms with Gasteiger partial charge in [0.05, 0.1) is 5.69 Å². The molecule has 2 nitrogen and oxygen atoms in total. The predicted octanol–water partition coefficient (Wildman–Crippen LogP) is 5.07. The molecule has 0 bridgehead atoms. The molecule has 1 N–H and O–H groups in total. The molecule has 1 unspecified atom stereocenters. The first kappa shape index (κ1) is 17.7. The molecule has 0 aliphatic rings. The summed E-state index contributed by atoms with van der Waals surface area (Å²) in [5, 5.41) is 11.1. The summed E-state index contributed by atoms with van der Waals surface area (Å²) < 4.78 is 0. The Morgan fingerprint density at radius 3 is 1.83 bits per heavy atom. The minimum atomic E-state index is -0.708. The van der Waals surface area contributed by atoms with Crippen LogP contribution >= 0.6 is 0 Å². The number of nitrogens with zero attached hydrogens (tertiary/aromatic N) is 1. The highest BCUT2D eigenvalue weighted by Crippen LogP contribution is 2.40. The number of rotatable bonds is 2. The monoisotopic (exact) mass is 311 g/mol. The normalized spacial score (nSPS) is 13.9. The van der Waals surface area contributed by atoms with Gasteiger partial charge in [-0.05, 0) is 46.6 Å². The zero-order valence-electron chi connectivity index (χ0n) is 15.4. The fourth-order valence-corrected chi connectivity index (χ4v) is 3.02. The van der Waals surface area contributed by atoms with Crippen molar-refractivity contribution < 1.29 is 5.11 Å². The topological polar surface area (TPSA) is 33.1 Å². The molecular formula is C21H29NO. The third kappa shape index (κ3) is 3.81. The molecular weight excluding hydrogens is 282 g/mol. The van der Waals surface area contributed by atoms with Crippen molar-refractivity contribution in [3.05, 3.63) is 64.5 Å². The van der Waals surface area contributed by atoms with Crippen LogP contribution in [0.3, 0.4) is 0 Å². The molecule has 0 aliphatic carbocycles. The molecule has 1 aromatic carbocycles. The van der Waals surface area contributed by atoms with Gasteiger partial charge in [0.1, 0.15) is 6.10 Å². The van der Waals surface area contributed by atoms with E-state index in [4.69, 9.17) is 0 Å². The molecule has 1 atom stereocenters. The van der Waals surface area contributed by atoms with E-state index in [2.05, 4.69) is 65.6 Å². The molecule has 2 rings (SSSR count). The molecule has 0 saturated heterocycles. The Labute approximate surface area is 140 Å². The van der Waals surface area contributed by atoms with Crippen LogP contribution in [0.5, 0.6) is 0 Å². The average molecular weight is 311 g/mol. The molecule has 0 radical (unpaired) electrons. The lowest BCUT2D eigenvalue weighted by molar-refractivity contribution is 0.209. The summed E-state index contributed by atoms with van der Waals surface area (Å²) in [5.41, 5.74) is 5.24. The Kier molecular flexibility index (Phi) is 4.68. The largest absolute Gasteiger partial charge is 0.382 e. The number of aliphatic hydroxyl groups excluding tert-OH is 1. The third-order valence-corrected chi connectivity index (χ3v) is 4.18. The number of hydrogen-bond donors (Lipinski definition) is 1. The van der Waals surface area contributed by atoms with Gasteiger partial charge in [-0.15, -0.1) is 0 Å². The van der Waals surface area contributed by atoms with Crippen LogP contribution in [0.4, 0.5) is 0 Å². The van der Waals surface area contributed by atoms with Gasteiger partial charge in [0, 0.05) is 6.20 Å². The lowest BCUT2D eigenvalue weighted by Gasteiger charge is -2.32. The van der Waals surface area contributed by atoms with Crippen molar-refractivity contribution in [2.24, 2.45) is 0 Å². The molecule has 0 fully saturated rings. The van der Waals surface area contributed by atoms with Crippen LogP contribution in [-0.4, -0.2) is 10.1 Å². The molecule has 0 saturated carbocycles. The lowest BCUT2D eigenvalue weighted by atomic mass is 9.73. The van der Waals surface area contributed by atoms with Crippen molar-refractivity contribution in [1.29, 1.82) is 0 Å². The molecule has 1 heterocycles. The van der Waals surface area contributed by atoms with Crippen LogP contribution in [0.2, 0.25) is 0 Å². The van der Waals surface area contributed by atoms with E-state index in [-0.39, 0.29) is 10.8 Å². The molecule has 23 heavy (non-hydrogen) atoms. The fourth-order valence-electron chi connectivity index (χ4n) is 3.02. The highest BCUT2D eigenvalue weighted by Gasteiger charge is 2.30. The first-order chi connectivity index (χ1) is 10.5. The molecule has 0 amide bonds. The second-order valence-electron chi connectivity index (χ2n) is 8.43. The zero-order valence-corrected chi connectivity index (χ0v) is 15.4. The van der Waals surface area contributed by atoms with Crippen LogP contribution in [0.1, 0.15) is 75.6 Å². The van der Waals surface area contributed by atoms with E-state index in [0.29, 0.717) is 5.69 Å². The Hall–Kier alpha value is -1.67. The van der Waals surface area contributed by atoms with E-state index in [9.17, 15) is 5.11 Å². The van der Waals surface area contributed by atoms with Gasteiger partial charge in [0.15, 0.2) is 0 Å². The molecule has 1 aromatic heterocycles. The van der Waals surface area contributed by atoms with E-state index in [0.717, 1.165) is 5.56 Å². The van der Waals surface area contributed by atoms with Gasteiger partial charge < -0.3 is 5.11 Å². The maximum absolute atomic E-state index is 11.1. The standard InChI is InChI=1S/C21H29NO/c1-14-12-15(20(2,3)4)18(16(13-14)21(5,6)7)19(23)17-10-8-9-11-22-17/h8-13,19,23H,1-7H3. The van der Waals surface area contributed by atoms with E-state index in [1.54, 1.807) is 6.20 Å². The highest BCUT2D eigenvalue weighted by atomic mass is 16.3. The minimum Gasteiger partial charge on any atom is -0.382 e. The van der Waals surface area contributed by atoms with Crippen LogP contribution in [0.25, 0.3) is 0 Å². The molecule has 0 spiro atoms. The maximum Gasteiger partial charge on any atom is 0.122 e. The van der Waals surface area contributed by atoms with Crippen LogP contribution in [0.15, 0.2) is 36.5 Å². The quantitative estimate of drug-likeness (QED) is 0.840. The Bertz CT molecular complexity index is 640. The van der Waals surface area contributed by atoms with Crippen molar-refractivity contribution in [2.45, 2.75) is 65.4 Å². The third-order valence-electron chi connectivity index (χ3n) is 4.18. The van der Waals surface area contributed by atoms with E-state index in [1.165, 1.54) is 16.7 Å². The summed E-state index contributed by atoms with van der Waals surface area (Å²) in [5.74, 6) is 0. The van der Waals surface area contributed by atoms with Gasteiger partial charge in [-0.1, -0.05) is 65.3 Å². The van der Waals surface area contributed by atoms with Gasteiger partial charge in [-0.25, -0.2) is 0 Å². The molecule has 124 valence electrons. The number of hydrogen-bond acceptors (Lipinski definition) is 2. The molecule has 2 aromatic rings. The van der Waals surface area contributed by atoms with Gasteiger partial charge in [-0.2, -0.15) is 0 Å². The van der Waals surface area contributed by atoms with Crippen molar-refractivity contribution >= 4 is 0 Å². The number of benzene rings is 1. The number of pyridine rings is 1. The van der Waals surface area contributed by atoms with Crippen LogP contribution in [0, 0.1) is 6.92 Å². The maximum atomic E-state index is 11.1. The van der Waals surface area contributed by atoms with Crippen LogP contribution in [-0.2, 0) is 10.8 Å². The van der Waals surface area contributed by atoms with Gasteiger partial charge in [0.2, 0.25) is 0 Å². The zero-order chi connectivity index (χ0) is 17.4. The second-order valence-corrected chi connectivity index (χ2v) is 8.43. The summed E-state index contributed by atoms with van der Waals surface area (Å²) in [6.45, 7) is 15.3. The van der Waals surface area contributed by atoms with Gasteiger partial charge >= 0.3 is 0 Å². The number of aliphatic hydroxyl groups is 1. The summed E-state index contributed by atoms with van der Waals surface area (Å²) in [6.07, 6.45) is 1.03. The van der Waals surface area contributed by atoms with Gasteiger partial charge in [-0.3, -0.25) is 4.98 Å². The van der Waals surface area contributed by atoms with Gasteiger partial charge in [0.25, 0.3) is 0 Å². The molecule has 2 heteroatoms. The first-order valence-electron chi connectivity index (χ1n) is 8.26. The second kappa shape index (κ2) is 6.09. The number of aryl methyl sites for hydroxylation is 1. The fraction of sp³-hybridized carbons (Fsp3) is 0.476. The Morgan fingerprint density at radius 2 is 1.43 bits per heavy atom. The summed E-state index contributed by atoms with van der Waals surface area (Å²) in [7, 11) is 0. The SMILES string of the molecule is Cc1cc(C(C)(C)C)c(C(O)c2ccccn2)c(C(C)(C)C)c1. The van der Waals surface area contributed by atoms with Crippen molar-refractivity contribution in [1.82, 2.24) is 4.98 Å². The average Bonchev–Trinajstić information content (AvgIpc) is 2.45. The van der Waals surface area contributed by atoms with Crippen molar-refractivity contribution in [2.75, 3.05) is 0 Å². The predicted molar refractivity (Wildman–Crippen MR) is 96.9 cm³/mol. The Balaban J connectivity index is 2.78. The highest BCUT2D eigenvalue weighted by molar-refractivity contribution is 5.48. The smallest absolute Gasteiger partial charge is 0.122 e. The van der Waals surface area contributed by atoms with Crippen molar-refractivity contribution in [3.8, 4) is 0 Å². The summed E-state index contributed by atoms with van der Waals surface area (Å²) in [6, 6.07) is 10.1. The number of aromatic nitrogens is 1.